The highest BCUT2D eigenvalue weighted by Crippen LogP contribution is 2.26. The number of piperidine rings is 1. The van der Waals surface area contributed by atoms with Gasteiger partial charge in [0.1, 0.15) is 5.76 Å². The van der Waals surface area contributed by atoms with Crippen molar-refractivity contribution in [3.05, 3.63) is 76.6 Å². The van der Waals surface area contributed by atoms with Gasteiger partial charge >= 0.3 is 0 Å². The summed E-state index contributed by atoms with van der Waals surface area (Å²) in [7, 11) is 0. The Kier molecular flexibility index (Phi) is 6.73. The first-order chi connectivity index (χ1) is 15.0. The van der Waals surface area contributed by atoms with Gasteiger partial charge in [0.25, 0.3) is 0 Å². The van der Waals surface area contributed by atoms with Crippen LogP contribution in [-0.4, -0.2) is 28.9 Å². The summed E-state index contributed by atoms with van der Waals surface area (Å²) >= 11 is 5.97. The van der Waals surface area contributed by atoms with Crippen LogP contribution in [0.3, 0.4) is 0 Å². The van der Waals surface area contributed by atoms with Crippen molar-refractivity contribution in [2.45, 2.75) is 39.3 Å². The third kappa shape index (κ3) is 5.35. The van der Waals surface area contributed by atoms with Crippen LogP contribution in [0, 0.1) is 12.8 Å². The summed E-state index contributed by atoms with van der Waals surface area (Å²) in [6, 6.07) is 17.6. The van der Waals surface area contributed by atoms with Crippen LogP contribution in [0.5, 0.6) is 0 Å². The molecule has 5 nitrogen and oxygen atoms in total. The van der Waals surface area contributed by atoms with E-state index in [4.69, 9.17) is 21.0 Å². The fraction of sp³-hybridized carbons (Fsp3) is 0.360. The molecule has 0 bridgehead atoms. The lowest BCUT2D eigenvalue weighted by Crippen LogP contribution is -2.41. The fourth-order valence-electron chi connectivity index (χ4n) is 4.01. The van der Waals surface area contributed by atoms with Crippen LogP contribution >= 0.6 is 11.6 Å². The highest BCUT2D eigenvalue weighted by Gasteiger charge is 2.27. The number of hydrogen-bond acceptors (Lipinski definition) is 4. The number of rotatable bonds is 6. The predicted molar refractivity (Wildman–Crippen MR) is 123 cm³/mol. The molecule has 0 spiro atoms. The number of nitrogens with zero attached hydrogens (tertiary/aromatic N) is 2. The maximum Gasteiger partial charge on any atom is 0.226 e. The van der Waals surface area contributed by atoms with Crippen LogP contribution in [-0.2, 0) is 11.3 Å². The summed E-state index contributed by atoms with van der Waals surface area (Å²) in [5, 5.41) is 3.86. The Labute approximate surface area is 188 Å². The number of likely N-dealkylation sites (tertiary alicyclic amines) is 1. The molecule has 2 heterocycles. The zero-order valence-corrected chi connectivity index (χ0v) is 18.7. The Morgan fingerprint density at radius 3 is 2.52 bits per heavy atom. The van der Waals surface area contributed by atoms with Gasteiger partial charge in [0, 0.05) is 23.0 Å². The van der Waals surface area contributed by atoms with E-state index in [1.54, 1.807) is 0 Å². The average molecular weight is 438 g/mol. The number of benzene rings is 2. The Balaban J connectivity index is 1.30. The number of carbonyl (C=O) groups excluding carboxylic acids is 1. The highest BCUT2D eigenvalue weighted by molar-refractivity contribution is 6.30. The van der Waals surface area contributed by atoms with E-state index in [1.165, 1.54) is 0 Å². The Morgan fingerprint density at radius 1 is 1.16 bits per heavy atom. The second kappa shape index (κ2) is 9.67. The van der Waals surface area contributed by atoms with Crippen LogP contribution in [0.4, 0.5) is 0 Å². The Hall–Kier alpha value is -2.63. The summed E-state index contributed by atoms with van der Waals surface area (Å²) in [5.41, 5.74) is 3.00. The summed E-state index contributed by atoms with van der Waals surface area (Å²) in [4.78, 5) is 19.8. The van der Waals surface area contributed by atoms with Crippen LogP contribution in [0.2, 0.25) is 5.02 Å². The summed E-state index contributed by atoms with van der Waals surface area (Å²) in [6.07, 6.45) is 1.71. The number of carbonyl (C=O) groups is 1. The summed E-state index contributed by atoms with van der Waals surface area (Å²) in [6.45, 7) is 6.47. The van der Waals surface area contributed by atoms with Gasteiger partial charge in [-0.3, -0.25) is 9.69 Å². The molecule has 0 radical (unpaired) electrons. The van der Waals surface area contributed by atoms with E-state index in [0.29, 0.717) is 10.9 Å². The van der Waals surface area contributed by atoms with E-state index in [-0.39, 0.29) is 17.9 Å². The highest BCUT2D eigenvalue weighted by atomic mass is 35.5. The fourth-order valence-corrected chi connectivity index (χ4v) is 4.14. The zero-order chi connectivity index (χ0) is 21.8. The van der Waals surface area contributed by atoms with Crippen LogP contribution in [0.15, 0.2) is 59.0 Å². The number of aromatic nitrogens is 1. The predicted octanol–water partition coefficient (Wildman–Crippen LogP) is 5.39. The first kappa shape index (κ1) is 21.6. The molecular weight excluding hydrogens is 410 g/mol. The molecule has 0 unspecified atom stereocenters. The van der Waals surface area contributed by atoms with Crippen molar-refractivity contribution in [3.63, 3.8) is 0 Å². The lowest BCUT2D eigenvalue weighted by atomic mass is 9.95. The third-order valence-corrected chi connectivity index (χ3v) is 6.23. The molecule has 1 atom stereocenters. The Bertz CT molecular complexity index is 1010. The summed E-state index contributed by atoms with van der Waals surface area (Å²) in [5.74, 6) is 1.67. The molecule has 1 fully saturated rings. The van der Waals surface area contributed by atoms with Crippen molar-refractivity contribution in [2.75, 3.05) is 13.1 Å². The molecule has 1 aliphatic rings. The lowest BCUT2D eigenvalue weighted by Gasteiger charge is -2.31. The minimum atomic E-state index is 0.0239. The zero-order valence-electron chi connectivity index (χ0n) is 18.0. The van der Waals surface area contributed by atoms with Crippen LogP contribution < -0.4 is 5.32 Å². The molecule has 3 aromatic rings. The van der Waals surface area contributed by atoms with Crippen molar-refractivity contribution >= 4 is 17.5 Å². The normalized spacial score (nSPS) is 16.2. The number of aryl methyl sites for hydroxylation is 1. The third-order valence-electron chi connectivity index (χ3n) is 5.97. The van der Waals surface area contributed by atoms with Gasteiger partial charge in [0.05, 0.1) is 11.7 Å². The first-order valence-electron chi connectivity index (χ1n) is 10.8. The lowest BCUT2D eigenvalue weighted by molar-refractivity contribution is -0.127. The number of oxazole rings is 1. The van der Waals surface area contributed by atoms with Crippen molar-refractivity contribution < 1.29 is 9.21 Å². The molecule has 0 saturated carbocycles. The maximum absolute atomic E-state index is 12.7. The number of nitrogens with one attached hydrogen (secondary N) is 1. The Morgan fingerprint density at radius 2 is 1.84 bits per heavy atom. The standard InChI is InChI=1S/C25H28ClN3O2/c1-17(19-6-4-3-5-7-19)27-24(30)20-12-14-29(15-13-20)16-23-18(2)31-25(28-23)21-8-10-22(26)11-9-21/h3-11,17,20H,12-16H2,1-2H3,(H,27,30)/t17-/m0/s1. The molecule has 1 saturated heterocycles. The second-order valence-corrected chi connectivity index (χ2v) is 8.66. The smallest absolute Gasteiger partial charge is 0.226 e. The maximum atomic E-state index is 12.7. The van der Waals surface area contributed by atoms with Crippen molar-refractivity contribution in [2.24, 2.45) is 5.92 Å². The van der Waals surface area contributed by atoms with Gasteiger partial charge in [0.2, 0.25) is 11.8 Å². The van der Waals surface area contributed by atoms with E-state index in [2.05, 4.69) is 10.2 Å². The van der Waals surface area contributed by atoms with Gasteiger partial charge in [-0.2, -0.15) is 0 Å². The van der Waals surface area contributed by atoms with Crippen molar-refractivity contribution in [1.29, 1.82) is 0 Å². The largest absolute Gasteiger partial charge is 0.441 e. The molecule has 2 aromatic carbocycles. The first-order valence-corrected chi connectivity index (χ1v) is 11.2. The van der Waals surface area contributed by atoms with E-state index in [9.17, 15) is 4.79 Å². The molecule has 0 aliphatic carbocycles. The van der Waals surface area contributed by atoms with E-state index >= 15 is 0 Å². The molecule has 4 rings (SSSR count). The van der Waals surface area contributed by atoms with Gasteiger partial charge in [-0.1, -0.05) is 41.9 Å². The van der Waals surface area contributed by atoms with Gasteiger partial charge in [-0.15, -0.1) is 0 Å². The van der Waals surface area contributed by atoms with E-state index < -0.39 is 0 Å². The number of amides is 1. The van der Waals surface area contributed by atoms with Crippen molar-refractivity contribution in [3.8, 4) is 11.5 Å². The molecular formula is C25H28ClN3O2. The number of halogens is 1. The quantitative estimate of drug-likeness (QED) is 0.561. The number of hydrogen-bond donors (Lipinski definition) is 1. The molecule has 1 N–H and O–H groups in total. The SMILES string of the molecule is Cc1oc(-c2ccc(Cl)cc2)nc1CN1CCC(C(=O)N[C@@H](C)c2ccccc2)CC1. The topological polar surface area (TPSA) is 58.4 Å². The minimum absolute atomic E-state index is 0.0239. The van der Waals surface area contributed by atoms with E-state index in [0.717, 1.165) is 55.1 Å². The van der Waals surface area contributed by atoms with Crippen LogP contribution in [0.1, 0.15) is 42.8 Å². The van der Waals surface area contributed by atoms with Gasteiger partial charge in [0.15, 0.2) is 0 Å². The summed E-state index contributed by atoms with van der Waals surface area (Å²) < 4.78 is 5.88. The van der Waals surface area contributed by atoms with Gasteiger partial charge in [-0.25, -0.2) is 4.98 Å². The van der Waals surface area contributed by atoms with Crippen LogP contribution in [0.25, 0.3) is 11.5 Å². The molecule has 162 valence electrons. The molecule has 1 aromatic heterocycles. The van der Waals surface area contributed by atoms with E-state index in [1.807, 2.05) is 68.4 Å². The van der Waals surface area contributed by atoms with Crippen molar-refractivity contribution in [1.82, 2.24) is 15.2 Å². The average Bonchev–Trinajstić information content (AvgIpc) is 3.15. The van der Waals surface area contributed by atoms with Gasteiger partial charge in [-0.05, 0) is 69.6 Å². The molecule has 1 aliphatic heterocycles. The minimum Gasteiger partial charge on any atom is -0.441 e. The molecule has 1 amide bonds. The second-order valence-electron chi connectivity index (χ2n) is 8.22. The monoisotopic (exact) mass is 437 g/mol. The van der Waals surface area contributed by atoms with Gasteiger partial charge < -0.3 is 9.73 Å². The molecule has 31 heavy (non-hydrogen) atoms. The molecule has 6 heteroatoms.